The Bertz CT molecular complexity index is 262. The molecule has 2 rings (SSSR count). The zero-order chi connectivity index (χ0) is 9.97. The maximum absolute atomic E-state index is 3.40. The normalized spacial score (nSPS) is 24.4. The quantitative estimate of drug-likeness (QED) is 0.759. The van der Waals surface area contributed by atoms with Crippen molar-refractivity contribution in [1.82, 2.24) is 15.2 Å². The second kappa shape index (κ2) is 4.15. The molecule has 14 heavy (non-hydrogen) atoms. The van der Waals surface area contributed by atoms with Gasteiger partial charge in [-0.2, -0.15) is 0 Å². The van der Waals surface area contributed by atoms with Crippen LogP contribution in [0.2, 0.25) is 0 Å². The molecule has 1 aliphatic heterocycles. The summed E-state index contributed by atoms with van der Waals surface area (Å²) in [5.41, 5.74) is 1.31. The number of nitrogens with one attached hydrogen (secondary N) is 2. The zero-order valence-electron chi connectivity index (χ0n) is 8.96. The summed E-state index contributed by atoms with van der Waals surface area (Å²) in [5, 5.41) is 3.40. The van der Waals surface area contributed by atoms with Gasteiger partial charge in [-0.1, -0.05) is 0 Å². The maximum Gasteiger partial charge on any atom is 0.0470 e. The molecule has 2 heterocycles. The van der Waals surface area contributed by atoms with Crippen molar-refractivity contribution >= 4 is 0 Å². The highest BCUT2D eigenvalue weighted by Crippen LogP contribution is 2.21. The van der Waals surface area contributed by atoms with Gasteiger partial charge >= 0.3 is 0 Å². The van der Waals surface area contributed by atoms with Crippen molar-refractivity contribution in [1.29, 1.82) is 0 Å². The molecular weight excluding hydrogens is 174 g/mol. The second-order valence-corrected chi connectivity index (χ2v) is 4.11. The van der Waals surface area contributed by atoms with Crippen LogP contribution in [0.25, 0.3) is 0 Å². The van der Waals surface area contributed by atoms with Crippen molar-refractivity contribution in [2.75, 3.05) is 20.1 Å². The van der Waals surface area contributed by atoms with E-state index in [1.165, 1.54) is 12.1 Å². The Balaban J connectivity index is 2.00. The number of aromatic nitrogens is 1. The number of hydrogen-bond donors (Lipinski definition) is 2. The number of H-pyrrole nitrogens is 1. The van der Waals surface area contributed by atoms with E-state index in [9.17, 15) is 0 Å². The number of likely N-dealkylation sites (N-methyl/N-ethyl adjacent to an activating group) is 1. The monoisotopic (exact) mass is 193 g/mol. The molecule has 1 aromatic rings. The van der Waals surface area contributed by atoms with E-state index in [1.54, 1.807) is 0 Å². The van der Waals surface area contributed by atoms with Crippen LogP contribution in [0.15, 0.2) is 18.3 Å². The highest BCUT2D eigenvalue weighted by molar-refractivity contribution is 5.08. The maximum atomic E-state index is 3.40. The molecule has 0 aliphatic carbocycles. The van der Waals surface area contributed by atoms with E-state index in [0.717, 1.165) is 13.1 Å². The molecule has 2 N–H and O–H groups in total. The lowest BCUT2D eigenvalue weighted by atomic mass is 10.1. The Morgan fingerprint density at radius 2 is 2.43 bits per heavy atom. The molecule has 1 aromatic heterocycles. The SMILES string of the molecule is CC(c1ccc[nH]1)N(C)[C@@H]1CCNC1. The molecule has 1 saturated heterocycles. The van der Waals surface area contributed by atoms with E-state index in [2.05, 4.69) is 41.3 Å². The van der Waals surface area contributed by atoms with Crippen LogP contribution in [0, 0.1) is 0 Å². The van der Waals surface area contributed by atoms with Gasteiger partial charge in [0.05, 0.1) is 0 Å². The van der Waals surface area contributed by atoms with Crippen molar-refractivity contribution in [2.24, 2.45) is 0 Å². The lowest BCUT2D eigenvalue weighted by molar-refractivity contribution is 0.194. The second-order valence-electron chi connectivity index (χ2n) is 4.11. The molecule has 0 aromatic carbocycles. The van der Waals surface area contributed by atoms with Gasteiger partial charge in [0, 0.05) is 30.5 Å². The molecule has 1 fully saturated rings. The van der Waals surface area contributed by atoms with Crippen LogP contribution in [0.4, 0.5) is 0 Å². The third-order valence-electron chi connectivity index (χ3n) is 3.29. The zero-order valence-corrected chi connectivity index (χ0v) is 8.96. The fourth-order valence-electron chi connectivity index (χ4n) is 2.13. The summed E-state index contributed by atoms with van der Waals surface area (Å²) >= 11 is 0. The summed E-state index contributed by atoms with van der Waals surface area (Å²) in [4.78, 5) is 5.73. The van der Waals surface area contributed by atoms with Gasteiger partial charge in [-0.25, -0.2) is 0 Å². The van der Waals surface area contributed by atoms with Gasteiger partial charge in [0.2, 0.25) is 0 Å². The molecule has 3 nitrogen and oxygen atoms in total. The molecule has 1 aliphatic rings. The lowest BCUT2D eigenvalue weighted by Crippen LogP contribution is -2.35. The van der Waals surface area contributed by atoms with Gasteiger partial charge in [0.25, 0.3) is 0 Å². The van der Waals surface area contributed by atoms with Crippen molar-refractivity contribution in [2.45, 2.75) is 25.4 Å². The summed E-state index contributed by atoms with van der Waals surface area (Å²) in [6, 6.07) is 5.39. The molecular formula is C11H19N3. The minimum absolute atomic E-state index is 0.481. The van der Waals surface area contributed by atoms with Crippen LogP contribution in [0.5, 0.6) is 0 Å². The first kappa shape index (κ1) is 9.74. The number of rotatable bonds is 3. The first-order valence-electron chi connectivity index (χ1n) is 5.35. The largest absolute Gasteiger partial charge is 0.364 e. The average molecular weight is 193 g/mol. The van der Waals surface area contributed by atoms with Crippen LogP contribution >= 0.6 is 0 Å². The smallest absolute Gasteiger partial charge is 0.0470 e. The van der Waals surface area contributed by atoms with Gasteiger partial charge in [-0.3, -0.25) is 4.90 Å². The summed E-state index contributed by atoms with van der Waals surface area (Å²) in [6.07, 6.45) is 3.26. The minimum atomic E-state index is 0.481. The topological polar surface area (TPSA) is 31.1 Å². The van der Waals surface area contributed by atoms with E-state index in [4.69, 9.17) is 0 Å². The Morgan fingerprint density at radius 1 is 1.57 bits per heavy atom. The van der Waals surface area contributed by atoms with Crippen LogP contribution in [-0.2, 0) is 0 Å². The molecule has 1 unspecified atom stereocenters. The van der Waals surface area contributed by atoms with Crippen molar-refractivity contribution in [3.8, 4) is 0 Å². The Hall–Kier alpha value is -0.800. The molecule has 2 atom stereocenters. The Labute approximate surface area is 85.5 Å². The van der Waals surface area contributed by atoms with E-state index in [1.807, 2.05) is 6.20 Å². The fourth-order valence-corrected chi connectivity index (χ4v) is 2.13. The molecule has 0 amide bonds. The predicted octanol–water partition coefficient (Wildman–Crippen LogP) is 1.37. The molecule has 78 valence electrons. The van der Waals surface area contributed by atoms with Gasteiger partial charge in [0.15, 0.2) is 0 Å². The van der Waals surface area contributed by atoms with Crippen molar-refractivity contribution in [3.63, 3.8) is 0 Å². The third-order valence-corrected chi connectivity index (χ3v) is 3.29. The number of aromatic amines is 1. The molecule has 3 heteroatoms. The van der Waals surface area contributed by atoms with Crippen LogP contribution < -0.4 is 5.32 Å². The summed E-state index contributed by atoms with van der Waals surface area (Å²) in [7, 11) is 2.21. The van der Waals surface area contributed by atoms with Gasteiger partial charge in [0.1, 0.15) is 0 Å². The van der Waals surface area contributed by atoms with Gasteiger partial charge < -0.3 is 10.3 Å². The molecule has 0 saturated carbocycles. The van der Waals surface area contributed by atoms with E-state index in [0.29, 0.717) is 12.1 Å². The minimum Gasteiger partial charge on any atom is -0.364 e. The first-order chi connectivity index (χ1) is 6.79. The van der Waals surface area contributed by atoms with Gasteiger partial charge in [-0.05, 0) is 39.1 Å². The predicted molar refractivity (Wildman–Crippen MR) is 58.2 cm³/mol. The first-order valence-corrected chi connectivity index (χ1v) is 5.35. The fraction of sp³-hybridized carbons (Fsp3) is 0.636. The van der Waals surface area contributed by atoms with Crippen LogP contribution in [-0.4, -0.2) is 36.1 Å². The molecule has 0 bridgehead atoms. The summed E-state index contributed by atoms with van der Waals surface area (Å²) in [5.74, 6) is 0. The van der Waals surface area contributed by atoms with Crippen molar-refractivity contribution < 1.29 is 0 Å². The number of hydrogen-bond acceptors (Lipinski definition) is 2. The highest BCUT2D eigenvalue weighted by atomic mass is 15.2. The highest BCUT2D eigenvalue weighted by Gasteiger charge is 2.23. The molecule has 0 radical (unpaired) electrons. The summed E-state index contributed by atoms with van der Waals surface area (Å²) in [6.45, 7) is 4.54. The van der Waals surface area contributed by atoms with E-state index in [-0.39, 0.29) is 0 Å². The van der Waals surface area contributed by atoms with Crippen LogP contribution in [0.3, 0.4) is 0 Å². The summed E-state index contributed by atoms with van der Waals surface area (Å²) < 4.78 is 0. The standard InChI is InChI=1S/C11H19N3/c1-9(11-4-3-6-13-11)14(2)10-5-7-12-8-10/h3-4,6,9-10,12-13H,5,7-8H2,1-2H3/t9?,10-/m1/s1. The Kier molecular flexibility index (Phi) is 2.89. The van der Waals surface area contributed by atoms with Gasteiger partial charge in [-0.15, -0.1) is 0 Å². The van der Waals surface area contributed by atoms with E-state index < -0.39 is 0 Å². The van der Waals surface area contributed by atoms with Crippen LogP contribution in [0.1, 0.15) is 25.1 Å². The lowest BCUT2D eigenvalue weighted by Gasteiger charge is -2.29. The molecule has 0 spiro atoms. The Morgan fingerprint density at radius 3 is 3.00 bits per heavy atom. The number of nitrogens with zero attached hydrogens (tertiary/aromatic N) is 1. The average Bonchev–Trinajstić information content (AvgIpc) is 2.87. The third kappa shape index (κ3) is 1.83. The van der Waals surface area contributed by atoms with Crippen molar-refractivity contribution in [3.05, 3.63) is 24.0 Å². The van der Waals surface area contributed by atoms with E-state index >= 15 is 0 Å².